The Morgan fingerprint density at radius 3 is 1.80 bits per heavy atom. The van der Waals surface area contributed by atoms with Crippen molar-refractivity contribution >= 4 is 17.8 Å². The average Bonchev–Trinajstić information content (AvgIpc) is 2.50. The first-order valence-electron chi connectivity index (χ1n) is 8.10. The van der Waals surface area contributed by atoms with Crippen LogP contribution >= 0.6 is 0 Å². The quantitative estimate of drug-likeness (QED) is 0.535. The molecule has 0 aliphatic heterocycles. The molecule has 1 unspecified atom stereocenters. The molecule has 0 spiro atoms. The molecule has 0 aliphatic rings. The SMILES string of the molecule is CC(C)C(NC(CC(N)=O)(C(=O)O)c1ccccc1)(C(=O)O)C(C)C. The first kappa shape index (κ1) is 20.6. The predicted molar refractivity (Wildman–Crippen MR) is 92.7 cm³/mol. The molecule has 7 nitrogen and oxygen atoms in total. The van der Waals surface area contributed by atoms with Crippen LogP contribution in [-0.4, -0.2) is 33.6 Å². The summed E-state index contributed by atoms with van der Waals surface area (Å²) < 4.78 is 0. The Labute approximate surface area is 147 Å². The van der Waals surface area contributed by atoms with Gasteiger partial charge in [0.2, 0.25) is 5.91 Å². The molecule has 138 valence electrons. The normalized spacial score (nSPS) is 14.3. The molecule has 25 heavy (non-hydrogen) atoms. The maximum absolute atomic E-state index is 12.2. The maximum Gasteiger partial charge on any atom is 0.329 e. The second-order valence-electron chi connectivity index (χ2n) is 6.83. The van der Waals surface area contributed by atoms with Gasteiger partial charge in [0, 0.05) is 0 Å². The molecular weight excluding hydrogens is 324 g/mol. The van der Waals surface area contributed by atoms with Gasteiger partial charge in [0.15, 0.2) is 5.54 Å². The lowest BCUT2D eigenvalue weighted by molar-refractivity contribution is -0.158. The molecule has 0 saturated heterocycles. The number of carboxylic acid groups (broad SMARTS) is 2. The number of hydrogen-bond acceptors (Lipinski definition) is 4. The van der Waals surface area contributed by atoms with Crippen molar-refractivity contribution in [2.75, 3.05) is 0 Å². The number of primary amides is 1. The first-order valence-corrected chi connectivity index (χ1v) is 8.10. The van der Waals surface area contributed by atoms with Crippen molar-refractivity contribution in [1.29, 1.82) is 0 Å². The van der Waals surface area contributed by atoms with Crippen LogP contribution < -0.4 is 11.1 Å². The minimum absolute atomic E-state index is 0.272. The number of nitrogens with two attached hydrogens (primary N) is 1. The molecule has 0 saturated carbocycles. The highest BCUT2D eigenvalue weighted by Crippen LogP contribution is 2.35. The Bertz CT molecular complexity index is 634. The summed E-state index contributed by atoms with van der Waals surface area (Å²) in [5, 5.41) is 22.7. The van der Waals surface area contributed by atoms with Gasteiger partial charge in [-0.05, 0) is 17.4 Å². The standard InChI is InChI=1S/C18H26N2O5/c1-11(2)18(12(3)4,16(24)25)20-17(15(22)23,10-14(19)21)13-8-6-5-7-9-13/h5-9,11-12,20H,10H2,1-4H3,(H2,19,21)(H,22,23)(H,24,25). The fraction of sp³-hybridized carbons (Fsp3) is 0.500. The van der Waals surface area contributed by atoms with Crippen LogP contribution in [0.4, 0.5) is 0 Å². The first-order chi connectivity index (χ1) is 11.5. The second-order valence-corrected chi connectivity index (χ2v) is 6.83. The van der Waals surface area contributed by atoms with Gasteiger partial charge in [-0.2, -0.15) is 0 Å². The average molecular weight is 350 g/mol. The number of amides is 1. The van der Waals surface area contributed by atoms with Crippen molar-refractivity contribution in [2.24, 2.45) is 17.6 Å². The fourth-order valence-electron chi connectivity index (χ4n) is 3.31. The molecule has 0 heterocycles. The Balaban J connectivity index is 3.69. The lowest BCUT2D eigenvalue weighted by Crippen LogP contribution is -2.68. The summed E-state index contributed by atoms with van der Waals surface area (Å²) in [7, 11) is 0. The number of benzene rings is 1. The number of nitrogens with one attached hydrogen (secondary N) is 1. The smallest absolute Gasteiger partial charge is 0.329 e. The van der Waals surface area contributed by atoms with Crippen LogP contribution in [0.25, 0.3) is 0 Å². The Morgan fingerprint density at radius 2 is 1.48 bits per heavy atom. The highest BCUT2D eigenvalue weighted by atomic mass is 16.4. The lowest BCUT2D eigenvalue weighted by Gasteiger charge is -2.45. The molecule has 1 amide bonds. The van der Waals surface area contributed by atoms with Crippen molar-refractivity contribution < 1.29 is 24.6 Å². The van der Waals surface area contributed by atoms with Crippen molar-refractivity contribution in [1.82, 2.24) is 5.32 Å². The largest absolute Gasteiger partial charge is 0.480 e. The van der Waals surface area contributed by atoms with Crippen molar-refractivity contribution in [2.45, 2.75) is 45.2 Å². The van der Waals surface area contributed by atoms with Gasteiger partial charge in [0.25, 0.3) is 0 Å². The minimum Gasteiger partial charge on any atom is -0.480 e. The van der Waals surface area contributed by atoms with Crippen LogP contribution in [0.15, 0.2) is 30.3 Å². The molecule has 1 rings (SSSR count). The third kappa shape index (κ3) is 3.82. The van der Waals surface area contributed by atoms with Gasteiger partial charge in [-0.3, -0.25) is 14.9 Å². The fourth-order valence-corrected chi connectivity index (χ4v) is 3.31. The van der Waals surface area contributed by atoms with Crippen LogP contribution in [0.5, 0.6) is 0 Å². The van der Waals surface area contributed by atoms with Crippen molar-refractivity contribution in [3.05, 3.63) is 35.9 Å². The molecule has 0 fully saturated rings. The number of aliphatic carboxylic acids is 2. The molecule has 5 N–H and O–H groups in total. The Hall–Kier alpha value is -2.41. The van der Waals surface area contributed by atoms with E-state index in [0.29, 0.717) is 0 Å². The zero-order valence-electron chi connectivity index (χ0n) is 14.9. The molecular formula is C18H26N2O5. The lowest BCUT2D eigenvalue weighted by atomic mass is 9.73. The van der Waals surface area contributed by atoms with Crippen molar-refractivity contribution in [3.8, 4) is 0 Å². The van der Waals surface area contributed by atoms with E-state index < -0.39 is 47.2 Å². The van der Waals surface area contributed by atoms with Crippen molar-refractivity contribution in [3.63, 3.8) is 0 Å². The van der Waals surface area contributed by atoms with Gasteiger partial charge in [-0.15, -0.1) is 0 Å². The molecule has 7 heteroatoms. The molecule has 0 aliphatic carbocycles. The summed E-state index contributed by atoms with van der Waals surface area (Å²) in [5.74, 6) is -4.26. The van der Waals surface area contributed by atoms with Gasteiger partial charge in [0.05, 0.1) is 6.42 Å². The topological polar surface area (TPSA) is 130 Å². The summed E-state index contributed by atoms with van der Waals surface area (Å²) in [6.45, 7) is 6.79. The summed E-state index contributed by atoms with van der Waals surface area (Å²) in [4.78, 5) is 36.0. The van der Waals surface area contributed by atoms with Crippen LogP contribution in [-0.2, 0) is 19.9 Å². The third-order valence-electron chi connectivity index (χ3n) is 4.67. The van der Waals surface area contributed by atoms with E-state index in [1.54, 1.807) is 45.9 Å². The number of hydrogen-bond donors (Lipinski definition) is 4. The van der Waals surface area contributed by atoms with Crippen LogP contribution in [0.2, 0.25) is 0 Å². The van der Waals surface area contributed by atoms with E-state index in [1.165, 1.54) is 12.1 Å². The maximum atomic E-state index is 12.2. The van der Waals surface area contributed by atoms with Gasteiger partial charge in [-0.1, -0.05) is 58.0 Å². The van der Waals surface area contributed by atoms with Crippen LogP contribution in [0, 0.1) is 11.8 Å². The van der Waals surface area contributed by atoms with Crippen LogP contribution in [0.1, 0.15) is 39.7 Å². The van der Waals surface area contributed by atoms with Gasteiger partial charge >= 0.3 is 11.9 Å². The summed E-state index contributed by atoms with van der Waals surface area (Å²) in [6.07, 6.45) is -0.569. The summed E-state index contributed by atoms with van der Waals surface area (Å²) in [6, 6.07) is 8.04. The molecule has 0 aromatic heterocycles. The highest BCUT2D eigenvalue weighted by Gasteiger charge is 2.54. The molecule has 1 atom stereocenters. The monoisotopic (exact) mass is 350 g/mol. The van der Waals surface area contributed by atoms with E-state index in [9.17, 15) is 24.6 Å². The van der Waals surface area contributed by atoms with Gasteiger partial charge < -0.3 is 15.9 Å². The van der Waals surface area contributed by atoms with E-state index in [4.69, 9.17) is 5.73 Å². The zero-order valence-corrected chi connectivity index (χ0v) is 14.9. The minimum atomic E-state index is -1.94. The van der Waals surface area contributed by atoms with Crippen LogP contribution in [0.3, 0.4) is 0 Å². The van der Waals surface area contributed by atoms with E-state index in [1.807, 2.05) is 0 Å². The number of rotatable bonds is 9. The third-order valence-corrected chi connectivity index (χ3v) is 4.67. The van der Waals surface area contributed by atoms with E-state index >= 15 is 0 Å². The second kappa shape index (κ2) is 7.65. The predicted octanol–water partition coefficient (Wildman–Crippen LogP) is 1.57. The van der Waals surface area contributed by atoms with E-state index in [0.717, 1.165) is 0 Å². The molecule has 1 aromatic carbocycles. The molecule has 0 radical (unpaired) electrons. The Morgan fingerprint density at radius 1 is 1.00 bits per heavy atom. The van der Waals surface area contributed by atoms with Gasteiger partial charge in [0.1, 0.15) is 5.54 Å². The number of carbonyl (C=O) groups excluding carboxylic acids is 1. The van der Waals surface area contributed by atoms with E-state index in [2.05, 4.69) is 5.32 Å². The zero-order chi connectivity index (χ0) is 19.4. The van der Waals surface area contributed by atoms with Gasteiger partial charge in [-0.25, -0.2) is 4.79 Å². The molecule has 0 bridgehead atoms. The summed E-state index contributed by atoms with van der Waals surface area (Å²) >= 11 is 0. The number of carbonyl (C=O) groups is 3. The molecule has 1 aromatic rings. The van der Waals surface area contributed by atoms with E-state index in [-0.39, 0.29) is 5.56 Å². The highest BCUT2D eigenvalue weighted by molar-refractivity contribution is 5.90. The Kier molecular flexibility index (Phi) is 6.31. The number of carboxylic acids is 2. The summed E-state index contributed by atoms with van der Waals surface area (Å²) in [5.41, 5.74) is 2.07.